The van der Waals surface area contributed by atoms with Gasteiger partial charge in [-0.25, -0.2) is 0 Å². The number of nitrogens with zero attached hydrogens (tertiary/aromatic N) is 1. The van der Waals surface area contributed by atoms with Gasteiger partial charge in [-0.2, -0.15) is 11.8 Å². The Labute approximate surface area is 85.1 Å². The van der Waals surface area contributed by atoms with Gasteiger partial charge in [-0.15, -0.1) is 0 Å². The predicted octanol–water partition coefficient (Wildman–Crippen LogP) is 2.14. The highest BCUT2D eigenvalue weighted by Gasteiger charge is 2.30. The minimum atomic E-state index is 0.340. The van der Waals surface area contributed by atoms with Crippen LogP contribution in [-0.4, -0.2) is 34.9 Å². The molecular weight excluding hydrogens is 182 g/mol. The first-order chi connectivity index (χ1) is 6.16. The van der Waals surface area contributed by atoms with Gasteiger partial charge < -0.3 is 4.90 Å². The van der Waals surface area contributed by atoms with E-state index in [-0.39, 0.29) is 0 Å². The summed E-state index contributed by atoms with van der Waals surface area (Å²) in [6, 6.07) is 0.925. The van der Waals surface area contributed by atoms with E-state index in [1.807, 2.05) is 6.26 Å². The average molecular weight is 201 g/mol. The van der Waals surface area contributed by atoms with E-state index in [2.05, 4.69) is 18.7 Å². The molecule has 0 spiro atoms. The average Bonchev–Trinajstić information content (AvgIpc) is 2.42. The van der Waals surface area contributed by atoms with Gasteiger partial charge in [0.25, 0.3) is 0 Å². The van der Waals surface area contributed by atoms with Crippen LogP contribution >= 0.6 is 11.8 Å². The third-order valence-corrected chi connectivity index (χ3v) is 3.37. The lowest BCUT2D eigenvalue weighted by Gasteiger charge is -2.26. The molecule has 0 aromatic carbocycles. The van der Waals surface area contributed by atoms with Crippen LogP contribution in [0.4, 0.5) is 0 Å². The number of carbonyl (C=O) groups excluding carboxylic acids is 1. The Morgan fingerprint density at radius 1 is 1.38 bits per heavy atom. The zero-order valence-electron chi connectivity index (χ0n) is 8.75. The lowest BCUT2D eigenvalue weighted by Crippen LogP contribution is -2.38. The topological polar surface area (TPSA) is 20.3 Å². The van der Waals surface area contributed by atoms with Crippen molar-refractivity contribution in [2.45, 2.75) is 45.2 Å². The molecule has 0 saturated carbocycles. The molecule has 0 aliphatic carbocycles. The van der Waals surface area contributed by atoms with E-state index < -0.39 is 0 Å². The maximum atomic E-state index is 11.7. The molecule has 1 amide bonds. The Hall–Kier alpha value is -0.180. The van der Waals surface area contributed by atoms with E-state index >= 15 is 0 Å². The number of hydrogen-bond donors (Lipinski definition) is 0. The molecular formula is C10H19NOS. The number of thioether (sulfide) groups is 1. The fourth-order valence-corrected chi connectivity index (χ4v) is 2.38. The first-order valence-corrected chi connectivity index (χ1v) is 6.36. The second-order valence-electron chi connectivity index (χ2n) is 3.82. The summed E-state index contributed by atoms with van der Waals surface area (Å²) in [5.41, 5.74) is 0. The van der Waals surface area contributed by atoms with Crippen molar-refractivity contribution < 1.29 is 4.79 Å². The first kappa shape index (κ1) is 10.9. The fraction of sp³-hybridized carbons (Fsp3) is 0.900. The minimum Gasteiger partial charge on any atom is -0.337 e. The Morgan fingerprint density at radius 3 is 2.38 bits per heavy atom. The first-order valence-electron chi connectivity index (χ1n) is 4.97. The molecule has 1 heterocycles. The van der Waals surface area contributed by atoms with Crippen molar-refractivity contribution in [3.8, 4) is 0 Å². The Kier molecular flexibility index (Phi) is 4.10. The summed E-state index contributed by atoms with van der Waals surface area (Å²) < 4.78 is 0. The number of rotatable bonds is 3. The highest BCUT2D eigenvalue weighted by atomic mass is 32.2. The van der Waals surface area contributed by atoms with E-state index in [4.69, 9.17) is 0 Å². The van der Waals surface area contributed by atoms with E-state index in [0.717, 1.165) is 5.75 Å². The van der Waals surface area contributed by atoms with Gasteiger partial charge >= 0.3 is 0 Å². The Morgan fingerprint density at radius 2 is 1.92 bits per heavy atom. The molecule has 1 rings (SSSR count). The van der Waals surface area contributed by atoms with Crippen LogP contribution in [0.5, 0.6) is 0 Å². The molecule has 2 nitrogen and oxygen atoms in total. The largest absolute Gasteiger partial charge is 0.337 e. The van der Waals surface area contributed by atoms with Crippen LogP contribution in [0, 0.1) is 0 Å². The molecule has 2 unspecified atom stereocenters. The summed E-state index contributed by atoms with van der Waals surface area (Å²) >= 11 is 1.74. The van der Waals surface area contributed by atoms with Crippen LogP contribution in [0.1, 0.15) is 33.1 Å². The van der Waals surface area contributed by atoms with E-state index in [0.29, 0.717) is 24.4 Å². The Bertz CT molecular complexity index is 174. The summed E-state index contributed by atoms with van der Waals surface area (Å²) in [5.74, 6) is 1.29. The van der Waals surface area contributed by atoms with Crippen molar-refractivity contribution in [3.05, 3.63) is 0 Å². The van der Waals surface area contributed by atoms with Gasteiger partial charge in [0.05, 0.1) is 0 Å². The summed E-state index contributed by atoms with van der Waals surface area (Å²) in [6.07, 6.45) is 5.10. The van der Waals surface area contributed by atoms with Crippen LogP contribution in [-0.2, 0) is 4.79 Å². The van der Waals surface area contributed by atoms with E-state index in [1.54, 1.807) is 11.8 Å². The van der Waals surface area contributed by atoms with Crippen molar-refractivity contribution in [3.63, 3.8) is 0 Å². The number of amides is 1. The molecule has 1 fully saturated rings. The van der Waals surface area contributed by atoms with Gasteiger partial charge in [0.2, 0.25) is 5.91 Å². The van der Waals surface area contributed by atoms with Crippen LogP contribution in [0.2, 0.25) is 0 Å². The van der Waals surface area contributed by atoms with Gasteiger partial charge in [-0.1, -0.05) is 0 Å². The van der Waals surface area contributed by atoms with Gasteiger partial charge in [0, 0.05) is 24.3 Å². The predicted molar refractivity (Wildman–Crippen MR) is 58.0 cm³/mol. The van der Waals surface area contributed by atoms with Crippen LogP contribution < -0.4 is 0 Å². The molecule has 1 aliphatic heterocycles. The van der Waals surface area contributed by atoms with Crippen molar-refractivity contribution in [1.29, 1.82) is 0 Å². The molecule has 76 valence electrons. The zero-order valence-corrected chi connectivity index (χ0v) is 9.56. The van der Waals surface area contributed by atoms with Gasteiger partial charge in [-0.3, -0.25) is 4.79 Å². The molecule has 0 aromatic rings. The quantitative estimate of drug-likeness (QED) is 0.697. The normalized spacial score (nSPS) is 28.1. The van der Waals surface area contributed by atoms with Gasteiger partial charge in [0.15, 0.2) is 0 Å². The molecule has 0 N–H and O–H groups in total. The zero-order chi connectivity index (χ0) is 9.84. The second kappa shape index (κ2) is 4.89. The number of carbonyl (C=O) groups is 1. The fourth-order valence-electron chi connectivity index (χ4n) is 2.01. The van der Waals surface area contributed by atoms with Crippen molar-refractivity contribution in [2.75, 3.05) is 12.0 Å². The van der Waals surface area contributed by atoms with Crippen LogP contribution in [0.25, 0.3) is 0 Å². The molecule has 2 atom stereocenters. The molecule has 13 heavy (non-hydrogen) atoms. The minimum absolute atomic E-state index is 0.340. The summed E-state index contributed by atoms with van der Waals surface area (Å²) in [7, 11) is 0. The SMILES string of the molecule is CSCCC(=O)N1C(C)CCC1C. The monoisotopic (exact) mass is 201 g/mol. The third kappa shape index (κ3) is 2.63. The van der Waals surface area contributed by atoms with E-state index in [1.165, 1.54) is 12.8 Å². The van der Waals surface area contributed by atoms with Gasteiger partial charge in [0.1, 0.15) is 0 Å². The maximum Gasteiger partial charge on any atom is 0.223 e. The summed E-state index contributed by atoms with van der Waals surface area (Å²) in [4.78, 5) is 13.8. The van der Waals surface area contributed by atoms with Gasteiger partial charge in [-0.05, 0) is 32.9 Å². The summed E-state index contributed by atoms with van der Waals surface area (Å²) in [6.45, 7) is 4.31. The Balaban J connectivity index is 2.44. The van der Waals surface area contributed by atoms with Crippen LogP contribution in [0.15, 0.2) is 0 Å². The van der Waals surface area contributed by atoms with Crippen LogP contribution in [0.3, 0.4) is 0 Å². The highest BCUT2D eigenvalue weighted by Crippen LogP contribution is 2.24. The van der Waals surface area contributed by atoms with E-state index in [9.17, 15) is 4.79 Å². The molecule has 0 radical (unpaired) electrons. The lowest BCUT2D eigenvalue weighted by atomic mass is 10.2. The highest BCUT2D eigenvalue weighted by molar-refractivity contribution is 7.98. The molecule has 3 heteroatoms. The van der Waals surface area contributed by atoms with Crippen molar-refractivity contribution in [1.82, 2.24) is 4.90 Å². The molecule has 1 saturated heterocycles. The number of hydrogen-bond acceptors (Lipinski definition) is 2. The lowest BCUT2D eigenvalue weighted by molar-refractivity contribution is -0.132. The molecule has 0 aromatic heterocycles. The molecule has 1 aliphatic rings. The number of likely N-dealkylation sites (tertiary alicyclic amines) is 1. The molecule has 0 bridgehead atoms. The van der Waals surface area contributed by atoms with Crippen molar-refractivity contribution >= 4 is 17.7 Å². The standard InChI is InChI=1S/C10H19NOS/c1-8-4-5-9(2)11(8)10(12)6-7-13-3/h8-9H,4-7H2,1-3H3. The smallest absolute Gasteiger partial charge is 0.223 e. The third-order valence-electron chi connectivity index (χ3n) is 2.76. The second-order valence-corrected chi connectivity index (χ2v) is 4.80. The van der Waals surface area contributed by atoms with Crippen molar-refractivity contribution in [2.24, 2.45) is 0 Å². The summed E-state index contributed by atoms with van der Waals surface area (Å²) in [5, 5.41) is 0. The maximum absolute atomic E-state index is 11.7.